The van der Waals surface area contributed by atoms with Crippen LogP contribution >= 0.6 is 0 Å². The fraction of sp³-hybridized carbons (Fsp3) is 0.0714. The number of hydrogen-bond donors (Lipinski definition) is 2. The van der Waals surface area contributed by atoms with Gasteiger partial charge in [0.25, 0.3) is 0 Å². The van der Waals surface area contributed by atoms with E-state index in [-0.39, 0.29) is 34.4 Å². The van der Waals surface area contributed by atoms with Crippen molar-refractivity contribution in [2.45, 2.75) is 12.4 Å². The van der Waals surface area contributed by atoms with Gasteiger partial charge in [0.05, 0.1) is 22.5 Å². The number of nitriles is 2. The van der Waals surface area contributed by atoms with Crippen LogP contribution in [-0.2, 0) is 12.4 Å². The van der Waals surface area contributed by atoms with Gasteiger partial charge in [0.15, 0.2) is 23.9 Å². The van der Waals surface area contributed by atoms with Crippen molar-refractivity contribution in [2.24, 2.45) is 0 Å². The highest BCUT2D eigenvalue weighted by Crippen LogP contribution is 2.39. The Morgan fingerprint density at radius 2 is 0.805 bits per heavy atom. The minimum atomic E-state index is -4.59. The van der Waals surface area contributed by atoms with E-state index in [0.717, 1.165) is 36.4 Å². The average Bonchev–Trinajstić information content (AvgIpc) is 2.92. The van der Waals surface area contributed by atoms with Gasteiger partial charge in [0.1, 0.15) is 23.0 Å². The van der Waals surface area contributed by atoms with Crippen LogP contribution in [0.2, 0.25) is 0 Å². The molecule has 0 fully saturated rings. The number of ether oxygens (including phenoxy) is 3. The molecule has 41 heavy (non-hydrogen) atoms. The highest BCUT2D eigenvalue weighted by molar-refractivity contribution is 5.62. The lowest BCUT2D eigenvalue weighted by molar-refractivity contribution is -0.138. The molecule has 4 aromatic rings. The number of benzene rings is 4. The molecule has 0 heterocycles. The van der Waals surface area contributed by atoms with Gasteiger partial charge in [-0.1, -0.05) is 0 Å². The Labute approximate surface area is 228 Å². The largest absolute Gasteiger partial charge is 0.457 e. The van der Waals surface area contributed by atoms with Gasteiger partial charge in [-0.3, -0.25) is 10.6 Å². The normalized spacial score (nSPS) is 11.1. The fourth-order valence-electron chi connectivity index (χ4n) is 3.45. The summed E-state index contributed by atoms with van der Waals surface area (Å²) in [5, 5.41) is 22.1. The summed E-state index contributed by atoms with van der Waals surface area (Å²) in [6.07, 6.45) is -6.03. The van der Waals surface area contributed by atoms with Crippen LogP contribution in [0.1, 0.15) is 11.1 Å². The SMILES string of the molecule is N#CNc1cc(C(F)(F)F)ccc1Oc1ccc(Oc2ccc(Oc3ccc(C(F)(F)F)cc3NC#N)cc2)cc1. The number of nitrogens with one attached hydrogen (secondary N) is 2. The zero-order valence-corrected chi connectivity index (χ0v) is 20.5. The van der Waals surface area contributed by atoms with Crippen molar-refractivity contribution in [1.82, 2.24) is 0 Å². The highest BCUT2D eigenvalue weighted by Gasteiger charge is 2.32. The van der Waals surface area contributed by atoms with E-state index < -0.39 is 23.5 Å². The number of hydrogen-bond acceptors (Lipinski definition) is 7. The Morgan fingerprint density at radius 3 is 1.10 bits per heavy atom. The van der Waals surface area contributed by atoms with Crippen molar-refractivity contribution in [1.29, 1.82) is 10.5 Å². The summed E-state index contributed by atoms with van der Waals surface area (Å²) in [6, 6.07) is 17.6. The minimum Gasteiger partial charge on any atom is -0.457 e. The first-order chi connectivity index (χ1) is 19.5. The maximum absolute atomic E-state index is 13.0. The lowest BCUT2D eigenvalue weighted by atomic mass is 10.1. The first-order valence-electron chi connectivity index (χ1n) is 11.4. The number of anilines is 2. The van der Waals surface area contributed by atoms with Crippen LogP contribution in [0.3, 0.4) is 0 Å². The molecule has 7 nitrogen and oxygen atoms in total. The quantitative estimate of drug-likeness (QED) is 0.124. The van der Waals surface area contributed by atoms with Crippen LogP contribution in [-0.4, -0.2) is 0 Å². The Hall–Kier alpha value is -5.56. The van der Waals surface area contributed by atoms with Crippen LogP contribution in [0, 0.1) is 22.9 Å². The van der Waals surface area contributed by atoms with Crippen molar-refractivity contribution < 1.29 is 40.6 Å². The number of halogens is 6. The number of alkyl halides is 6. The first kappa shape index (κ1) is 28.4. The third kappa shape index (κ3) is 7.30. The van der Waals surface area contributed by atoms with Crippen LogP contribution < -0.4 is 24.8 Å². The fourth-order valence-corrected chi connectivity index (χ4v) is 3.45. The van der Waals surface area contributed by atoms with Gasteiger partial charge in [-0.15, -0.1) is 0 Å². The zero-order chi connectivity index (χ0) is 29.6. The molecule has 0 aliphatic carbocycles. The van der Waals surface area contributed by atoms with Crippen LogP contribution in [0.25, 0.3) is 0 Å². The lowest BCUT2D eigenvalue weighted by Gasteiger charge is -2.14. The van der Waals surface area contributed by atoms with Crippen molar-refractivity contribution in [3.63, 3.8) is 0 Å². The highest BCUT2D eigenvalue weighted by atomic mass is 19.4. The van der Waals surface area contributed by atoms with E-state index in [2.05, 4.69) is 10.6 Å². The van der Waals surface area contributed by atoms with Gasteiger partial charge < -0.3 is 14.2 Å². The zero-order valence-electron chi connectivity index (χ0n) is 20.5. The molecule has 0 saturated carbocycles. The molecule has 0 radical (unpaired) electrons. The van der Waals surface area contributed by atoms with E-state index in [1.807, 2.05) is 0 Å². The molecule has 0 aromatic heterocycles. The summed E-state index contributed by atoms with van der Waals surface area (Å²) in [7, 11) is 0. The maximum atomic E-state index is 13.0. The van der Waals surface area contributed by atoms with E-state index in [9.17, 15) is 26.3 Å². The van der Waals surface area contributed by atoms with Crippen molar-refractivity contribution in [2.75, 3.05) is 10.6 Å². The molecule has 0 bridgehead atoms. The standard InChI is InChI=1S/C28H16F6N4O3/c29-27(30,31)17-1-11-25(23(13-17)37-15-35)40-21-7-3-19(4-8-21)39-20-5-9-22(10-6-20)41-26-12-2-18(28(32,33)34)14-24(26)38-16-36/h1-14,37-38H. The topological polar surface area (TPSA) is 99.3 Å². The van der Waals surface area contributed by atoms with Gasteiger partial charge in [-0.25, -0.2) is 0 Å². The predicted octanol–water partition coefficient (Wildman–Crippen LogP) is 8.89. The molecule has 0 unspecified atom stereocenters. The number of nitrogens with zero attached hydrogens (tertiary/aromatic N) is 2. The second-order valence-electron chi connectivity index (χ2n) is 8.14. The molecule has 0 spiro atoms. The Kier molecular flexibility index (Phi) is 8.10. The number of rotatable bonds is 8. The molecule has 4 aromatic carbocycles. The van der Waals surface area contributed by atoms with Crippen LogP contribution in [0.4, 0.5) is 37.7 Å². The van der Waals surface area contributed by atoms with E-state index >= 15 is 0 Å². The molecular formula is C28H16F6N4O3. The minimum absolute atomic E-state index is 0.00461. The van der Waals surface area contributed by atoms with Gasteiger partial charge in [0.2, 0.25) is 0 Å². The molecule has 0 aliphatic heterocycles. The summed E-state index contributed by atoms with van der Waals surface area (Å²) in [6.45, 7) is 0. The Bertz CT molecular complexity index is 1490. The van der Waals surface area contributed by atoms with Crippen LogP contribution in [0.15, 0.2) is 84.9 Å². The van der Waals surface area contributed by atoms with E-state index in [1.54, 1.807) is 36.7 Å². The van der Waals surface area contributed by atoms with Crippen molar-refractivity contribution in [3.8, 4) is 46.9 Å². The molecule has 0 aliphatic rings. The molecule has 0 amide bonds. The molecular weight excluding hydrogens is 554 g/mol. The summed E-state index contributed by atoms with van der Waals surface area (Å²) in [5.74, 6) is 1.31. The summed E-state index contributed by atoms with van der Waals surface area (Å²) in [5.41, 5.74) is -2.20. The third-order valence-electron chi connectivity index (χ3n) is 5.33. The van der Waals surface area contributed by atoms with E-state index in [4.69, 9.17) is 24.7 Å². The van der Waals surface area contributed by atoms with Crippen molar-refractivity contribution in [3.05, 3.63) is 96.1 Å². The molecule has 13 heteroatoms. The molecule has 4 rings (SSSR count). The molecule has 0 atom stereocenters. The summed E-state index contributed by atoms with van der Waals surface area (Å²) in [4.78, 5) is 0. The predicted molar refractivity (Wildman–Crippen MR) is 134 cm³/mol. The van der Waals surface area contributed by atoms with Crippen molar-refractivity contribution >= 4 is 11.4 Å². The van der Waals surface area contributed by atoms with Crippen LogP contribution in [0.5, 0.6) is 34.5 Å². The van der Waals surface area contributed by atoms with E-state index in [1.165, 1.54) is 24.3 Å². The van der Waals surface area contributed by atoms with Gasteiger partial charge in [0, 0.05) is 0 Å². The summed E-state index contributed by atoms with van der Waals surface area (Å²) >= 11 is 0. The smallest absolute Gasteiger partial charge is 0.416 e. The van der Waals surface area contributed by atoms with Gasteiger partial charge in [-0.2, -0.15) is 36.9 Å². The average molecular weight is 570 g/mol. The second kappa shape index (κ2) is 11.7. The van der Waals surface area contributed by atoms with E-state index in [0.29, 0.717) is 11.5 Å². The monoisotopic (exact) mass is 570 g/mol. The lowest BCUT2D eigenvalue weighted by Crippen LogP contribution is -2.06. The first-order valence-corrected chi connectivity index (χ1v) is 11.4. The molecule has 2 N–H and O–H groups in total. The molecule has 208 valence electrons. The Morgan fingerprint density at radius 1 is 0.488 bits per heavy atom. The van der Waals surface area contributed by atoms with Gasteiger partial charge in [-0.05, 0) is 84.9 Å². The maximum Gasteiger partial charge on any atom is 0.416 e. The third-order valence-corrected chi connectivity index (χ3v) is 5.33. The molecule has 0 saturated heterocycles. The second-order valence-corrected chi connectivity index (χ2v) is 8.14. The Balaban J connectivity index is 1.42. The van der Waals surface area contributed by atoms with Gasteiger partial charge >= 0.3 is 12.4 Å². The summed E-state index contributed by atoms with van der Waals surface area (Å²) < 4.78 is 94.9.